The van der Waals surface area contributed by atoms with Crippen molar-refractivity contribution in [3.8, 4) is 0 Å². The fourth-order valence-corrected chi connectivity index (χ4v) is 9.04. The molecule has 12 heteroatoms. The van der Waals surface area contributed by atoms with E-state index in [9.17, 15) is 28.9 Å². The maximum Gasteiger partial charge on any atom is 0.472 e. The van der Waals surface area contributed by atoms with Gasteiger partial charge in [0.25, 0.3) is 0 Å². The summed E-state index contributed by atoms with van der Waals surface area (Å²) in [6.07, 6.45) is 70.9. The van der Waals surface area contributed by atoms with Gasteiger partial charge in [-0.3, -0.25) is 23.4 Å². The molecule has 11 nitrogen and oxygen atoms in total. The Morgan fingerprint density at radius 1 is 0.372 bits per heavy atom. The fraction of sp³-hybridized carbons (Fsp3) is 0.712. The topological polar surface area (TPSA) is 155 Å². The van der Waals surface area contributed by atoms with E-state index in [1.54, 1.807) is 0 Å². The van der Waals surface area contributed by atoms with Crippen LogP contribution in [0, 0.1) is 0 Å². The molecular weight excluding hydrogens is 1000 g/mol. The second kappa shape index (κ2) is 59.5. The molecule has 0 radical (unpaired) electrons. The number of rotatable bonds is 57. The number of unbranched alkanes of at least 4 members (excludes halogenated alkanes) is 24. The highest BCUT2D eigenvalue weighted by molar-refractivity contribution is 7.47. The lowest BCUT2D eigenvalue weighted by molar-refractivity contribution is -0.161. The summed E-state index contributed by atoms with van der Waals surface area (Å²) in [7, 11) is -4.77. The molecule has 3 atom stereocenters. The Morgan fingerprint density at radius 3 is 1.09 bits per heavy atom. The summed E-state index contributed by atoms with van der Waals surface area (Å²) in [5.74, 6) is -1.58. The number of allylic oxidation sites excluding steroid dienone is 16. The third kappa shape index (κ3) is 57.1. The summed E-state index contributed by atoms with van der Waals surface area (Å²) in [6, 6.07) is 0. The van der Waals surface area contributed by atoms with Crippen LogP contribution >= 0.6 is 7.82 Å². The van der Waals surface area contributed by atoms with E-state index in [2.05, 4.69) is 106 Å². The lowest BCUT2D eigenvalue weighted by Crippen LogP contribution is -2.30. The van der Waals surface area contributed by atoms with Crippen molar-refractivity contribution in [1.82, 2.24) is 0 Å². The molecule has 3 unspecified atom stereocenters. The highest BCUT2D eigenvalue weighted by atomic mass is 31.2. The summed E-state index contributed by atoms with van der Waals surface area (Å²) in [4.78, 5) is 48.6. The number of aliphatic hydroxyl groups excluding tert-OH is 1. The van der Waals surface area contributed by atoms with E-state index in [0.29, 0.717) is 19.3 Å². The van der Waals surface area contributed by atoms with E-state index >= 15 is 0 Å². The summed E-state index contributed by atoms with van der Waals surface area (Å²) in [6.45, 7) is 4.44. The van der Waals surface area contributed by atoms with Crippen LogP contribution in [0.2, 0.25) is 0 Å². The zero-order chi connectivity index (χ0) is 56.9. The van der Waals surface area contributed by atoms with Gasteiger partial charge >= 0.3 is 25.7 Å². The molecule has 0 aliphatic carbocycles. The second-order valence-corrected chi connectivity index (χ2v) is 21.9. The van der Waals surface area contributed by atoms with Gasteiger partial charge in [0, 0.05) is 19.3 Å². The zero-order valence-electron chi connectivity index (χ0n) is 49.6. The first-order chi connectivity index (χ1) is 38.2. The molecule has 0 aliphatic rings. The standard InChI is InChI=1S/C66H113O11P/c1-4-7-10-13-16-19-22-25-27-29-31-33-35-38-40-43-46-49-52-55-64(68)73-59-63(77-66(70)57-54-51-48-45-42-39-36-34-32-30-28-26-23-20-17-14-11-8-5-2)61-75-78(71,72)74-60-62(58-67)76-65(69)56-53-50-47-44-41-37-24-21-18-15-12-9-6-3/h7,10,16,19,21,24-28,31,33,38,40,46,49,62-63,67H,4-6,8-9,11-15,17-18,20,22-23,29-30,32,34-37,39,41-45,47-48,50-61H2,1-3H3,(H,71,72)/b10-7-,19-16-,24-21-,27-25-,28-26-,33-31-,40-38-,49-46-. The van der Waals surface area contributed by atoms with Gasteiger partial charge in [-0.25, -0.2) is 4.57 Å². The average Bonchev–Trinajstić information content (AvgIpc) is 3.43. The van der Waals surface area contributed by atoms with Crippen LogP contribution in [0.4, 0.5) is 0 Å². The number of carbonyl (C=O) groups is 3. The van der Waals surface area contributed by atoms with Crippen molar-refractivity contribution >= 4 is 25.7 Å². The van der Waals surface area contributed by atoms with E-state index in [1.165, 1.54) is 109 Å². The molecule has 2 N–H and O–H groups in total. The number of phosphoric acid groups is 1. The van der Waals surface area contributed by atoms with Gasteiger partial charge in [0.2, 0.25) is 0 Å². The van der Waals surface area contributed by atoms with Crippen LogP contribution < -0.4 is 0 Å². The molecule has 0 saturated carbocycles. The van der Waals surface area contributed by atoms with E-state index in [4.69, 9.17) is 23.3 Å². The lowest BCUT2D eigenvalue weighted by Gasteiger charge is -2.21. The Morgan fingerprint density at radius 2 is 0.692 bits per heavy atom. The molecule has 0 aromatic carbocycles. The zero-order valence-corrected chi connectivity index (χ0v) is 50.5. The molecule has 0 amide bonds. The lowest BCUT2D eigenvalue weighted by atomic mass is 10.1. The van der Waals surface area contributed by atoms with Crippen molar-refractivity contribution in [2.24, 2.45) is 0 Å². The number of ether oxygens (including phenoxy) is 3. The number of carbonyl (C=O) groups excluding carboxylic acids is 3. The van der Waals surface area contributed by atoms with Gasteiger partial charge in [-0.1, -0.05) is 234 Å². The predicted molar refractivity (Wildman–Crippen MR) is 325 cm³/mol. The highest BCUT2D eigenvalue weighted by Gasteiger charge is 2.28. The highest BCUT2D eigenvalue weighted by Crippen LogP contribution is 2.43. The van der Waals surface area contributed by atoms with Gasteiger partial charge in [0.15, 0.2) is 6.10 Å². The van der Waals surface area contributed by atoms with E-state index in [0.717, 1.165) is 96.3 Å². The predicted octanol–water partition coefficient (Wildman–Crippen LogP) is 18.8. The molecule has 0 aromatic heterocycles. The van der Waals surface area contributed by atoms with Gasteiger partial charge < -0.3 is 24.2 Å². The maximum atomic E-state index is 12.9. The smallest absolute Gasteiger partial charge is 0.462 e. The first kappa shape index (κ1) is 74.4. The fourth-order valence-electron chi connectivity index (χ4n) is 8.25. The first-order valence-electron chi connectivity index (χ1n) is 31.1. The number of phosphoric ester groups is 1. The molecule has 0 fully saturated rings. The Labute approximate surface area is 476 Å². The Kier molecular flexibility index (Phi) is 56.8. The minimum Gasteiger partial charge on any atom is -0.462 e. The normalized spacial score (nSPS) is 14.0. The van der Waals surface area contributed by atoms with Crippen LogP contribution in [-0.2, 0) is 42.2 Å². The van der Waals surface area contributed by atoms with Crippen molar-refractivity contribution < 1.29 is 52.2 Å². The Balaban J connectivity index is 4.82. The molecule has 448 valence electrons. The SMILES string of the molecule is CC/C=C\C/C=C\C/C=C\C/C=C\C/C=C\C/C=C\CCC(=O)OCC(COP(=O)(O)OCC(CO)OC(=O)CCCCCCC/C=C\CCCCCC)OC(=O)CCCCCCCCCCC/C=C\CCCCCCCC. The van der Waals surface area contributed by atoms with Gasteiger partial charge in [-0.15, -0.1) is 0 Å². The molecule has 0 aromatic rings. The summed E-state index contributed by atoms with van der Waals surface area (Å²) in [5.41, 5.74) is 0. The van der Waals surface area contributed by atoms with E-state index in [1.807, 2.05) is 12.2 Å². The van der Waals surface area contributed by atoms with Crippen molar-refractivity contribution in [1.29, 1.82) is 0 Å². The van der Waals surface area contributed by atoms with E-state index in [-0.39, 0.29) is 25.9 Å². The van der Waals surface area contributed by atoms with Crippen LogP contribution in [0.25, 0.3) is 0 Å². The molecular formula is C66H113O11P. The molecule has 0 rings (SSSR count). The monoisotopic (exact) mass is 1110 g/mol. The van der Waals surface area contributed by atoms with Crippen LogP contribution in [0.1, 0.15) is 265 Å². The van der Waals surface area contributed by atoms with Crippen molar-refractivity contribution in [2.45, 2.75) is 277 Å². The minimum absolute atomic E-state index is 0.0977. The third-order valence-corrected chi connectivity index (χ3v) is 13.9. The molecule has 78 heavy (non-hydrogen) atoms. The summed E-state index contributed by atoms with van der Waals surface area (Å²) in [5, 5.41) is 9.82. The van der Waals surface area contributed by atoms with Crippen LogP contribution in [-0.4, -0.2) is 66.5 Å². The molecule has 0 bridgehead atoms. The van der Waals surface area contributed by atoms with E-state index < -0.39 is 57.8 Å². The summed E-state index contributed by atoms with van der Waals surface area (Å²) >= 11 is 0. The number of hydrogen-bond donors (Lipinski definition) is 2. The molecule has 0 spiro atoms. The third-order valence-electron chi connectivity index (χ3n) is 13.0. The van der Waals surface area contributed by atoms with Crippen LogP contribution in [0.5, 0.6) is 0 Å². The van der Waals surface area contributed by atoms with Gasteiger partial charge in [0.05, 0.1) is 19.8 Å². The average molecular weight is 1110 g/mol. The largest absolute Gasteiger partial charge is 0.472 e. The number of aliphatic hydroxyl groups is 1. The molecule has 0 aliphatic heterocycles. The van der Waals surface area contributed by atoms with Gasteiger partial charge in [0.1, 0.15) is 12.7 Å². The molecule has 0 heterocycles. The Bertz CT molecular complexity index is 1680. The minimum atomic E-state index is -4.77. The summed E-state index contributed by atoms with van der Waals surface area (Å²) < 4.78 is 39.5. The van der Waals surface area contributed by atoms with Gasteiger partial charge in [-0.2, -0.15) is 0 Å². The first-order valence-corrected chi connectivity index (χ1v) is 32.6. The van der Waals surface area contributed by atoms with Crippen molar-refractivity contribution in [2.75, 3.05) is 26.4 Å². The quantitative estimate of drug-likeness (QED) is 0.0197. The van der Waals surface area contributed by atoms with Crippen molar-refractivity contribution in [3.63, 3.8) is 0 Å². The van der Waals surface area contributed by atoms with Crippen molar-refractivity contribution in [3.05, 3.63) is 97.2 Å². The number of esters is 3. The maximum absolute atomic E-state index is 12.9. The van der Waals surface area contributed by atoms with Crippen LogP contribution in [0.15, 0.2) is 97.2 Å². The van der Waals surface area contributed by atoms with Crippen LogP contribution in [0.3, 0.4) is 0 Å². The molecule has 0 saturated heterocycles. The Hall–Kier alpha value is -3.60. The second-order valence-electron chi connectivity index (χ2n) is 20.5. The van der Waals surface area contributed by atoms with Gasteiger partial charge in [-0.05, 0) is 109 Å². The number of hydrogen-bond acceptors (Lipinski definition) is 10.